The lowest BCUT2D eigenvalue weighted by atomic mass is 10.0. The molecule has 1 atom stereocenters. The van der Waals surface area contributed by atoms with Crippen LogP contribution in [0, 0.1) is 0 Å². The summed E-state index contributed by atoms with van der Waals surface area (Å²) in [7, 11) is 1.66. The van der Waals surface area contributed by atoms with E-state index in [-0.39, 0.29) is 5.63 Å². The molecular weight excluding hydrogens is 366 g/mol. The van der Waals surface area contributed by atoms with E-state index in [0.29, 0.717) is 29.6 Å². The number of methoxy groups -OCH3 is 1. The topological polar surface area (TPSA) is 53.1 Å². The standard InChI is InChI=1S/C21H20ClNO4/c1-3-14-8-19(24)27-20-16(14)9-18(22)21-17(20)11-23(12-26-21)10-13-5-4-6-15(7-13)25-2/h4-9H,3,10-12H2,1-2H3/p+1. The summed E-state index contributed by atoms with van der Waals surface area (Å²) in [5, 5.41) is 1.44. The van der Waals surface area contributed by atoms with E-state index >= 15 is 0 Å². The Morgan fingerprint density at radius 1 is 1.26 bits per heavy atom. The highest BCUT2D eigenvalue weighted by atomic mass is 35.5. The average molecular weight is 387 g/mol. The minimum atomic E-state index is -0.344. The third kappa shape index (κ3) is 3.40. The summed E-state index contributed by atoms with van der Waals surface area (Å²) in [6.45, 7) is 3.94. The Hall–Kier alpha value is -2.50. The summed E-state index contributed by atoms with van der Waals surface area (Å²) in [4.78, 5) is 13.2. The van der Waals surface area contributed by atoms with Gasteiger partial charge in [-0.2, -0.15) is 0 Å². The first-order chi connectivity index (χ1) is 13.1. The van der Waals surface area contributed by atoms with Crippen molar-refractivity contribution in [3.05, 3.63) is 68.5 Å². The molecule has 0 amide bonds. The molecule has 4 rings (SSSR count). The Bertz CT molecular complexity index is 1060. The minimum Gasteiger partial charge on any atom is -0.497 e. The third-order valence-corrected chi connectivity index (χ3v) is 5.22. The maximum atomic E-state index is 12.0. The number of rotatable bonds is 4. The normalized spacial score (nSPS) is 16.0. The number of aryl methyl sites for hydroxylation is 1. The second kappa shape index (κ2) is 7.25. The number of benzene rings is 2. The Kier molecular flexibility index (Phi) is 4.81. The quantitative estimate of drug-likeness (QED) is 0.700. The van der Waals surface area contributed by atoms with E-state index in [2.05, 4.69) is 6.07 Å². The lowest BCUT2D eigenvalue weighted by Crippen LogP contribution is -3.10. The number of halogens is 1. The van der Waals surface area contributed by atoms with Gasteiger partial charge in [-0.05, 0) is 30.2 Å². The highest BCUT2D eigenvalue weighted by Gasteiger charge is 2.27. The fourth-order valence-electron chi connectivity index (χ4n) is 3.64. The molecule has 140 valence electrons. The van der Waals surface area contributed by atoms with Crippen LogP contribution in [-0.2, 0) is 19.5 Å². The molecule has 1 aromatic heterocycles. The predicted octanol–water partition coefficient (Wildman–Crippen LogP) is 2.95. The van der Waals surface area contributed by atoms with Crippen molar-refractivity contribution in [3.63, 3.8) is 0 Å². The molecule has 6 heteroatoms. The predicted molar refractivity (Wildman–Crippen MR) is 104 cm³/mol. The first-order valence-corrected chi connectivity index (χ1v) is 9.34. The molecule has 0 spiro atoms. The molecule has 1 unspecified atom stereocenters. The van der Waals surface area contributed by atoms with E-state index in [1.807, 2.05) is 31.2 Å². The summed E-state index contributed by atoms with van der Waals surface area (Å²) in [6.07, 6.45) is 0.735. The highest BCUT2D eigenvalue weighted by Crippen LogP contribution is 2.37. The molecule has 3 aromatic rings. The lowest BCUT2D eigenvalue weighted by molar-refractivity contribution is -0.945. The van der Waals surface area contributed by atoms with Gasteiger partial charge in [0.05, 0.1) is 17.7 Å². The van der Waals surface area contributed by atoms with Crippen molar-refractivity contribution in [1.82, 2.24) is 0 Å². The van der Waals surface area contributed by atoms with E-state index in [4.69, 9.17) is 25.5 Å². The van der Waals surface area contributed by atoms with Crippen molar-refractivity contribution in [1.29, 1.82) is 0 Å². The average Bonchev–Trinajstić information content (AvgIpc) is 2.68. The van der Waals surface area contributed by atoms with Gasteiger partial charge in [-0.25, -0.2) is 4.79 Å². The molecule has 0 bridgehead atoms. The molecule has 0 saturated carbocycles. The molecule has 2 heterocycles. The molecule has 1 aliphatic rings. The molecule has 0 aliphatic carbocycles. The van der Waals surface area contributed by atoms with Crippen molar-refractivity contribution in [2.45, 2.75) is 26.4 Å². The largest absolute Gasteiger partial charge is 0.497 e. The van der Waals surface area contributed by atoms with Crippen LogP contribution in [0.25, 0.3) is 11.0 Å². The van der Waals surface area contributed by atoms with Crippen molar-refractivity contribution in [2.24, 2.45) is 0 Å². The highest BCUT2D eigenvalue weighted by molar-refractivity contribution is 6.33. The molecule has 5 nitrogen and oxygen atoms in total. The summed E-state index contributed by atoms with van der Waals surface area (Å²) in [6, 6.07) is 11.4. The molecule has 0 fully saturated rings. The smallest absolute Gasteiger partial charge is 0.336 e. The Balaban J connectivity index is 1.73. The van der Waals surface area contributed by atoms with Crippen LogP contribution in [0.2, 0.25) is 5.02 Å². The maximum absolute atomic E-state index is 12.0. The third-order valence-electron chi connectivity index (χ3n) is 4.94. The molecule has 0 radical (unpaired) electrons. The SMILES string of the molecule is CCc1cc(=O)oc2c3c(c(Cl)cc12)OC[NH+](Cc1cccc(OC)c1)C3. The number of hydrogen-bond acceptors (Lipinski definition) is 4. The van der Waals surface area contributed by atoms with E-state index in [1.165, 1.54) is 11.0 Å². The monoisotopic (exact) mass is 386 g/mol. The van der Waals surface area contributed by atoms with Gasteiger partial charge in [0.25, 0.3) is 0 Å². The summed E-state index contributed by atoms with van der Waals surface area (Å²) < 4.78 is 16.8. The van der Waals surface area contributed by atoms with Crippen LogP contribution in [-0.4, -0.2) is 13.8 Å². The van der Waals surface area contributed by atoms with Gasteiger partial charge in [0.1, 0.15) is 18.8 Å². The van der Waals surface area contributed by atoms with Gasteiger partial charge in [-0.1, -0.05) is 30.7 Å². The van der Waals surface area contributed by atoms with Crippen molar-refractivity contribution in [2.75, 3.05) is 13.8 Å². The van der Waals surface area contributed by atoms with Crippen molar-refractivity contribution >= 4 is 22.6 Å². The molecular formula is C21H21ClNO4+. The first-order valence-electron chi connectivity index (χ1n) is 8.96. The van der Waals surface area contributed by atoms with Crippen LogP contribution in [0.1, 0.15) is 23.6 Å². The summed E-state index contributed by atoms with van der Waals surface area (Å²) in [5.74, 6) is 1.45. The van der Waals surface area contributed by atoms with E-state index in [9.17, 15) is 4.79 Å². The van der Waals surface area contributed by atoms with E-state index in [1.54, 1.807) is 7.11 Å². The zero-order chi connectivity index (χ0) is 19.0. The first kappa shape index (κ1) is 17.9. The fourth-order valence-corrected chi connectivity index (χ4v) is 3.92. The second-order valence-electron chi connectivity index (χ2n) is 6.73. The van der Waals surface area contributed by atoms with Crippen LogP contribution >= 0.6 is 11.6 Å². The minimum absolute atomic E-state index is 0.344. The van der Waals surface area contributed by atoms with Crippen LogP contribution in [0.15, 0.2) is 45.6 Å². The lowest BCUT2D eigenvalue weighted by Gasteiger charge is -2.27. The van der Waals surface area contributed by atoms with Gasteiger partial charge in [-0.15, -0.1) is 0 Å². The van der Waals surface area contributed by atoms with E-state index in [0.717, 1.165) is 40.8 Å². The van der Waals surface area contributed by atoms with Gasteiger partial charge in [0, 0.05) is 17.0 Å². The van der Waals surface area contributed by atoms with Crippen LogP contribution in [0.5, 0.6) is 11.5 Å². The number of nitrogens with one attached hydrogen (secondary N) is 1. The Labute approximate surface area is 162 Å². The van der Waals surface area contributed by atoms with Crippen LogP contribution in [0.3, 0.4) is 0 Å². The summed E-state index contributed by atoms with van der Waals surface area (Å²) >= 11 is 6.47. The summed E-state index contributed by atoms with van der Waals surface area (Å²) in [5.41, 5.74) is 3.18. The molecule has 27 heavy (non-hydrogen) atoms. The number of quaternary nitrogens is 1. The number of hydrogen-bond donors (Lipinski definition) is 1. The van der Waals surface area contributed by atoms with Gasteiger partial charge in [-0.3, -0.25) is 4.90 Å². The molecule has 1 aliphatic heterocycles. The number of fused-ring (bicyclic) bond motifs is 3. The zero-order valence-corrected chi connectivity index (χ0v) is 16.1. The molecule has 2 aromatic carbocycles. The zero-order valence-electron chi connectivity index (χ0n) is 15.3. The van der Waals surface area contributed by atoms with Crippen molar-refractivity contribution < 1.29 is 18.8 Å². The van der Waals surface area contributed by atoms with Crippen LogP contribution in [0.4, 0.5) is 0 Å². The second-order valence-corrected chi connectivity index (χ2v) is 7.14. The Morgan fingerprint density at radius 3 is 2.89 bits per heavy atom. The van der Waals surface area contributed by atoms with Gasteiger partial charge in [0.15, 0.2) is 11.3 Å². The van der Waals surface area contributed by atoms with Gasteiger partial charge < -0.3 is 13.9 Å². The van der Waals surface area contributed by atoms with E-state index < -0.39 is 0 Å². The fraction of sp³-hybridized carbons (Fsp3) is 0.286. The van der Waals surface area contributed by atoms with Crippen LogP contribution < -0.4 is 20.0 Å². The van der Waals surface area contributed by atoms with Gasteiger partial charge >= 0.3 is 5.63 Å². The molecule has 0 saturated heterocycles. The van der Waals surface area contributed by atoms with Crippen molar-refractivity contribution in [3.8, 4) is 11.5 Å². The Morgan fingerprint density at radius 2 is 2.11 bits per heavy atom. The molecule has 1 N–H and O–H groups in total. The maximum Gasteiger partial charge on any atom is 0.336 e. The number of ether oxygens (including phenoxy) is 2. The van der Waals surface area contributed by atoms with Gasteiger partial charge in [0.2, 0.25) is 6.73 Å².